The Balaban J connectivity index is 1.53. The zero-order valence-electron chi connectivity index (χ0n) is 14.3. The first-order chi connectivity index (χ1) is 11.3. The fourth-order valence-corrected chi connectivity index (χ4v) is 3.64. The van der Waals surface area contributed by atoms with Gasteiger partial charge in [-0.15, -0.1) is 0 Å². The quantitative estimate of drug-likeness (QED) is 0.460. The Morgan fingerprint density at radius 1 is 1.17 bits per heavy atom. The van der Waals surface area contributed by atoms with Gasteiger partial charge in [-0.25, -0.2) is 0 Å². The number of hydrogen-bond donors (Lipinski definition) is 1. The van der Waals surface area contributed by atoms with Crippen LogP contribution in [0.5, 0.6) is 0 Å². The molecule has 23 heavy (non-hydrogen) atoms. The summed E-state index contributed by atoms with van der Waals surface area (Å²) in [6.07, 6.45) is 13.8. The molecule has 2 atom stereocenters. The molecule has 132 valence electrons. The zero-order valence-corrected chi connectivity index (χ0v) is 14.3. The first kappa shape index (κ1) is 18.5. The second-order valence-electron chi connectivity index (χ2n) is 7.06. The van der Waals surface area contributed by atoms with Gasteiger partial charge in [0.2, 0.25) is 0 Å². The van der Waals surface area contributed by atoms with Crippen molar-refractivity contribution in [2.75, 3.05) is 26.4 Å². The largest absolute Gasteiger partial charge is 0.481 e. The Morgan fingerprint density at radius 2 is 1.96 bits per heavy atom. The van der Waals surface area contributed by atoms with E-state index in [0.29, 0.717) is 11.8 Å². The van der Waals surface area contributed by atoms with E-state index in [1.54, 1.807) is 0 Å². The molecule has 0 amide bonds. The highest BCUT2D eigenvalue weighted by molar-refractivity contribution is 5.66. The minimum Gasteiger partial charge on any atom is -0.481 e. The van der Waals surface area contributed by atoms with Gasteiger partial charge >= 0.3 is 5.97 Å². The lowest BCUT2D eigenvalue weighted by atomic mass is 9.90. The number of ether oxygens (including phenoxy) is 2. The third-order valence-corrected chi connectivity index (χ3v) is 5.16. The Bertz CT molecular complexity index is 360. The monoisotopic (exact) mass is 324 g/mol. The summed E-state index contributed by atoms with van der Waals surface area (Å²) < 4.78 is 11.5. The van der Waals surface area contributed by atoms with E-state index in [2.05, 4.69) is 12.2 Å². The number of carboxylic acid groups (broad SMARTS) is 1. The van der Waals surface area contributed by atoms with E-state index >= 15 is 0 Å². The van der Waals surface area contributed by atoms with E-state index in [1.165, 1.54) is 25.7 Å². The molecule has 1 aliphatic heterocycles. The Labute approximate surface area is 140 Å². The highest BCUT2D eigenvalue weighted by Gasteiger charge is 2.27. The van der Waals surface area contributed by atoms with Gasteiger partial charge in [-0.3, -0.25) is 4.79 Å². The number of carboxylic acids is 1. The Kier molecular flexibility index (Phi) is 8.69. The molecule has 2 fully saturated rings. The highest BCUT2D eigenvalue weighted by Crippen LogP contribution is 2.28. The van der Waals surface area contributed by atoms with Crippen molar-refractivity contribution in [1.29, 1.82) is 0 Å². The van der Waals surface area contributed by atoms with Crippen molar-refractivity contribution in [3.63, 3.8) is 0 Å². The van der Waals surface area contributed by atoms with Crippen LogP contribution < -0.4 is 0 Å². The Hall–Kier alpha value is -0.870. The molecule has 0 aromatic rings. The van der Waals surface area contributed by atoms with Crippen molar-refractivity contribution in [1.82, 2.24) is 0 Å². The van der Waals surface area contributed by atoms with Crippen LogP contribution in [0, 0.1) is 17.8 Å². The number of hydrogen-bond acceptors (Lipinski definition) is 3. The van der Waals surface area contributed by atoms with Gasteiger partial charge in [0, 0.05) is 26.2 Å². The van der Waals surface area contributed by atoms with E-state index in [0.717, 1.165) is 58.0 Å². The van der Waals surface area contributed by atoms with E-state index in [9.17, 15) is 4.79 Å². The average Bonchev–Trinajstić information content (AvgIpc) is 3.18. The molecule has 0 spiro atoms. The van der Waals surface area contributed by atoms with Crippen LogP contribution in [-0.4, -0.2) is 37.5 Å². The summed E-state index contributed by atoms with van der Waals surface area (Å²) >= 11 is 0. The van der Waals surface area contributed by atoms with E-state index in [1.807, 2.05) is 0 Å². The molecule has 1 N–H and O–H groups in total. The summed E-state index contributed by atoms with van der Waals surface area (Å²) in [4.78, 5) is 10.4. The molecule has 0 aromatic carbocycles. The topological polar surface area (TPSA) is 55.8 Å². The summed E-state index contributed by atoms with van der Waals surface area (Å²) in [5, 5.41) is 8.60. The number of allylic oxidation sites excluding steroid dienone is 2. The van der Waals surface area contributed by atoms with Crippen LogP contribution in [0.2, 0.25) is 0 Å². The third-order valence-electron chi connectivity index (χ3n) is 5.16. The van der Waals surface area contributed by atoms with Crippen LogP contribution in [0.1, 0.15) is 57.8 Å². The summed E-state index contributed by atoms with van der Waals surface area (Å²) in [6, 6.07) is 0. The summed E-state index contributed by atoms with van der Waals surface area (Å²) in [5.74, 6) is 1.31. The van der Waals surface area contributed by atoms with Crippen molar-refractivity contribution in [2.45, 2.75) is 57.8 Å². The van der Waals surface area contributed by atoms with Crippen molar-refractivity contribution in [3.8, 4) is 0 Å². The molecule has 0 unspecified atom stereocenters. The summed E-state index contributed by atoms with van der Waals surface area (Å²) in [6.45, 7) is 3.53. The lowest BCUT2D eigenvalue weighted by molar-refractivity contribution is -0.137. The molecule has 4 nitrogen and oxygen atoms in total. The van der Waals surface area contributed by atoms with E-state index in [-0.39, 0.29) is 6.42 Å². The fourth-order valence-electron chi connectivity index (χ4n) is 3.64. The minimum atomic E-state index is -0.708. The van der Waals surface area contributed by atoms with Crippen LogP contribution in [-0.2, 0) is 14.3 Å². The molecular formula is C19H32O4. The summed E-state index contributed by atoms with van der Waals surface area (Å²) in [7, 11) is 0. The molecule has 0 aromatic heterocycles. The molecule has 1 saturated carbocycles. The van der Waals surface area contributed by atoms with Crippen molar-refractivity contribution in [2.24, 2.45) is 17.8 Å². The van der Waals surface area contributed by atoms with Gasteiger partial charge in [-0.1, -0.05) is 25.0 Å². The van der Waals surface area contributed by atoms with Crippen LogP contribution in [0.15, 0.2) is 12.2 Å². The second kappa shape index (κ2) is 10.8. The highest BCUT2D eigenvalue weighted by atomic mass is 16.5. The van der Waals surface area contributed by atoms with Gasteiger partial charge in [0.05, 0.1) is 6.61 Å². The van der Waals surface area contributed by atoms with Crippen LogP contribution in [0.25, 0.3) is 0 Å². The van der Waals surface area contributed by atoms with E-state index < -0.39 is 5.97 Å². The van der Waals surface area contributed by atoms with Crippen LogP contribution in [0.3, 0.4) is 0 Å². The molecule has 0 radical (unpaired) electrons. The maximum Gasteiger partial charge on any atom is 0.303 e. The smallest absolute Gasteiger partial charge is 0.303 e. The number of unbranched alkanes of at least 4 members (excludes halogenated alkanes) is 1. The van der Waals surface area contributed by atoms with Crippen LogP contribution in [0.4, 0.5) is 0 Å². The lowest BCUT2D eigenvalue weighted by Gasteiger charge is -2.17. The van der Waals surface area contributed by atoms with Crippen molar-refractivity contribution < 1.29 is 19.4 Å². The van der Waals surface area contributed by atoms with E-state index in [4.69, 9.17) is 14.6 Å². The summed E-state index contributed by atoms with van der Waals surface area (Å²) in [5.41, 5.74) is 0. The van der Waals surface area contributed by atoms with Gasteiger partial charge in [0.25, 0.3) is 0 Å². The van der Waals surface area contributed by atoms with Gasteiger partial charge in [0.15, 0.2) is 0 Å². The molecule has 4 heteroatoms. The second-order valence-corrected chi connectivity index (χ2v) is 7.06. The average molecular weight is 324 g/mol. The maximum atomic E-state index is 10.4. The Morgan fingerprint density at radius 3 is 2.74 bits per heavy atom. The van der Waals surface area contributed by atoms with Crippen molar-refractivity contribution >= 4 is 5.97 Å². The van der Waals surface area contributed by atoms with Gasteiger partial charge in [0.1, 0.15) is 0 Å². The molecule has 2 rings (SSSR count). The normalized spacial score (nSPS) is 25.6. The fraction of sp³-hybridized carbons (Fsp3) is 0.842. The standard InChI is InChI=1S/C19H32O4/c20-19(21)10-4-2-1-3-9-17-14-23-15-18(17)11-12-22-13-16-7-5-6-8-16/h1,3,16-18H,2,4-15H2,(H,20,21)/t17-,18+/m0/s1. The molecule has 1 aliphatic carbocycles. The van der Waals surface area contributed by atoms with Gasteiger partial charge in [-0.2, -0.15) is 0 Å². The van der Waals surface area contributed by atoms with Crippen molar-refractivity contribution in [3.05, 3.63) is 12.2 Å². The molecule has 2 aliphatic rings. The first-order valence-electron chi connectivity index (χ1n) is 9.28. The molecule has 0 bridgehead atoms. The molecular weight excluding hydrogens is 292 g/mol. The minimum absolute atomic E-state index is 0.262. The zero-order chi connectivity index (χ0) is 16.3. The van der Waals surface area contributed by atoms with Gasteiger partial charge < -0.3 is 14.6 Å². The SMILES string of the molecule is O=C(O)CCCC=CC[C@H]1COC[C@H]1CCOCC1CCCC1. The predicted octanol–water partition coefficient (Wildman–Crippen LogP) is 4.05. The molecule has 1 saturated heterocycles. The number of rotatable bonds is 11. The lowest BCUT2D eigenvalue weighted by Crippen LogP contribution is -2.15. The third kappa shape index (κ3) is 7.49. The maximum absolute atomic E-state index is 10.4. The number of aliphatic carboxylic acids is 1. The predicted molar refractivity (Wildman–Crippen MR) is 90.4 cm³/mol. The molecule has 1 heterocycles. The number of carbonyl (C=O) groups is 1. The van der Waals surface area contributed by atoms with Gasteiger partial charge in [-0.05, 0) is 56.3 Å². The first-order valence-corrected chi connectivity index (χ1v) is 9.28. The van der Waals surface area contributed by atoms with Crippen LogP contribution >= 0.6 is 0 Å².